The van der Waals surface area contributed by atoms with Crippen molar-refractivity contribution < 1.29 is 37.2 Å². The Morgan fingerprint density at radius 1 is 1.27 bits per heavy atom. The molecule has 4 atom stereocenters. The number of rotatable bonds is 9. The third kappa shape index (κ3) is 6.97. The van der Waals surface area contributed by atoms with E-state index in [2.05, 4.69) is 16.0 Å². The maximum Gasteiger partial charge on any atom is 0.408 e. The lowest BCUT2D eigenvalue weighted by molar-refractivity contribution is -0.126. The van der Waals surface area contributed by atoms with Gasteiger partial charge < -0.3 is 25.8 Å². The van der Waals surface area contributed by atoms with Gasteiger partial charge in [0.25, 0.3) is 10.1 Å². The molecule has 1 aromatic carbocycles. The monoisotopic (exact) mass is 443 g/mol. The fourth-order valence-electron chi connectivity index (χ4n) is 2.95. The smallest absolute Gasteiger partial charge is 0.408 e. The molecule has 2 rings (SSSR count). The summed E-state index contributed by atoms with van der Waals surface area (Å²) in [7, 11) is -4.90. The summed E-state index contributed by atoms with van der Waals surface area (Å²) in [5.41, 5.74) is -1.58. The average Bonchev–Trinajstić information content (AvgIpc) is 3.09. The molecule has 1 fully saturated rings. The first-order valence-corrected chi connectivity index (χ1v) is 10.8. The number of aliphatic hydroxyl groups is 1. The summed E-state index contributed by atoms with van der Waals surface area (Å²) < 4.78 is 36.8. The van der Waals surface area contributed by atoms with Gasteiger partial charge in [0.15, 0.2) is 0 Å². The number of alkyl carbamates (subject to hydrolysis) is 1. The number of aliphatic hydroxyl groups excluding tert-OH is 1. The van der Waals surface area contributed by atoms with E-state index in [1.54, 1.807) is 24.3 Å². The molecule has 3 amide bonds. The van der Waals surface area contributed by atoms with Gasteiger partial charge in [-0.25, -0.2) is 4.79 Å². The summed E-state index contributed by atoms with van der Waals surface area (Å²) in [6.07, 6.45) is -0.684. The Hall–Kier alpha value is -2.70. The Balaban J connectivity index is 1.93. The molecule has 0 bridgehead atoms. The molecule has 1 aliphatic heterocycles. The highest BCUT2D eigenvalue weighted by Gasteiger charge is 2.37. The van der Waals surface area contributed by atoms with E-state index >= 15 is 0 Å². The van der Waals surface area contributed by atoms with Crippen LogP contribution in [0.4, 0.5) is 4.79 Å². The highest BCUT2D eigenvalue weighted by Crippen LogP contribution is 2.19. The zero-order valence-corrected chi connectivity index (χ0v) is 17.1. The lowest BCUT2D eigenvalue weighted by Gasteiger charge is -2.25. The molecular formula is C18H25N3O8S. The molecule has 12 heteroatoms. The third-order valence-corrected chi connectivity index (χ3v) is 5.56. The highest BCUT2D eigenvalue weighted by atomic mass is 32.2. The summed E-state index contributed by atoms with van der Waals surface area (Å²) >= 11 is 0. The fraction of sp³-hybridized carbons (Fsp3) is 0.500. The van der Waals surface area contributed by atoms with Crippen LogP contribution >= 0.6 is 0 Å². The molecular weight excluding hydrogens is 418 g/mol. The molecule has 0 aliphatic carbocycles. The van der Waals surface area contributed by atoms with Crippen LogP contribution in [0, 0.1) is 5.92 Å². The zero-order chi connectivity index (χ0) is 22.3. The highest BCUT2D eigenvalue weighted by molar-refractivity contribution is 7.86. The first-order valence-electron chi connectivity index (χ1n) is 9.27. The SMILES string of the molecule is C[C@H](NC(=O)OCc1ccccc1)C(=O)N[C@@H](CC1CCNC1=O)C(O)S(=O)(=O)O. The molecule has 5 N–H and O–H groups in total. The predicted molar refractivity (Wildman–Crippen MR) is 104 cm³/mol. The number of hydrogen-bond acceptors (Lipinski definition) is 7. The predicted octanol–water partition coefficient (Wildman–Crippen LogP) is -0.481. The molecule has 1 aromatic rings. The van der Waals surface area contributed by atoms with Gasteiger partial charge in [0.05, 0.1) is 6.04 Å². The van der Waals surface area contributed by atoms with Crippen LogP contribution in [0.5, 0.6) is 0 Å². The zero-order valence-electron chi connectivity index (χ0n) is 16.3. The number of benzene rings is 1. The molecule has 0 spiro atoms. The Morgan fingerprint density at radius 3 is 2.50 bits per heavy atom. The Kier molecular flexibility index (Phi) is 8.15. The van der Waals surface area contributed by atoms with Crippen LogP contribution < -0.4 is 16.0 Å². The van der Waals surface area contributed by atoms with Crippen molar-refractivity contribution in [1.82, 2.24) is 16.0 Å². The summed E-state index contributed by atoms with van der Waals surface area (Å²) in [6, 6.07) is 6.28. The molecule has 30 heavy (non-hydrogen) atoms. The first-order chi connectivity index (χ1) is 14.1. The van der Waals surface area contributed by atoms with E-state index in [4.69, 9.17) is 9.29 Å². The van der Waals surface area contributed by atoms with Crippen molar-refractivity contribution in [2.24, 2.45) is 5.92 Å². The van der Waals surface area contributed by atoms with Gasteiger partial charge in [0.1, 0.15) is 12.6 Å². The minimum atomic E-state index is -4.90. The van der Waals surface area contributed by atoms with Gasteiger partial charge in [-0.3, -0.25) is 14.1 Å². The van der Waals surface area contributed by atoms with E-state index < -0.39 is 45.6 Å². The second-order valence-electron chi connectivity index (χ2n) is 6.96. The lowest BCUT2D eigenvalue weighted by Crippen LogP contribution is -2.53. The number of carbonyl (C=O) groups is 3. The van der Waals surface area contributed by atoms with Crippen LogP contribution in [-0.4, -0.2) is 60.0 Å². The summed E-state index contributed by atoms with van der Waals surface area (Å²) in [6.45, 7) is 1.71. The number of amides is 3. The Morgan fingerprint density at radius 2 is 1.93 bits per heavy atom. The molecule has 1 aliphatic rings. The van der Waals surface area contributed by atoms with E-state index in [0.29, 0.717) is 13.0 Å². The quantitative estimate of drug-likeness (QED) is 0.318. The van der Waals surface area contributed by atoms with Gasteiger partial charge in [0.2, 0.25) is 17.3 Å². The van der Waals surface area contributed by atoms with Crippen LogP contribution in [0.25, 0.3) is 0 Å². The average molecular weight is 443 g/mol. The molecule has 2 unspecified atom stereocenters. The van der Waals surface area contributed by atoms with Crippen molar-refractivity contribution in [2.45, 2.75) is 43.9 Å². The maximum atomic E-state index is 12.4. The van der Waals surface area contributed by atoms with Crippen LogP contribution in [0.3, 0.4) is 0 Å². The summed E-state index contributed by atoms with van der Waals surface area (Å²) in [5, 5.41) is 17.0. The van der Waals surface area contributed by atoms with Gasteiger partial charge in [-0.15, -0.1) is 0 Å². The summed E-state index contributed by atoms with van der Waals surface area (Å²) in [4.78, 5) is 36.0. The molecule has 1 heterocycles. The van der Waals surface area contributed by atoms with E-state index in [1.807, 2.05) is 6.07 Å². The van der Waals surface area contributed by atoms with E-state index in [0.717, 1.165) is 5.56 Å². The van der Waals surface area contributed by atoms with Crippen molar-refractivity contribution in [3.63, 3.8) is 0 Å². The van der Waals surface area contributed by atoms with Gasteiger partial charge in [-0.05, 0) is 25.3 Å². The van der Waals surface area contributed by atoms with E-state index in [9.17, 15) is 27.9 Å². The van der Waals surface area contributed by atoms with Crippen LogP contribution in [0.15, 0.2) is 30.3 Å². The number of hydrogen-bond donors (Lipinski definition) is 5. The topological polar surface area (TPSA) is 171 Å². The second kappa shape index (κ2) is 10.4. The van der Waals surface area contributed by atoms with Gasteiger partial charge in [-0.2, -0.15) is 8.42 Å². The normalized spacial score (nSPS) is 19.3. The molecule has 1 saturated heterocycles. The molecule has 0 saturated carbocycles. The minimum absolute atomic E-state index is 0.0120. The molecule has 0 aromatic heterocycles. The van der Waals surface area contributed by atoms with Crippen LogP contribution in [-0.2, 0) is 31.1 Å². The molecule has 166 valence electrons. The van der Waals surface area contributed by atoms with Crippen molar-refractivity contribution in [2.75, 3.05) is 6.54 Å². The molecule has 0 radical (unpaired) electrons. The van der Waals surface area contributed by atoms with E-state index in [-0.39, 0.29) is 18.9 Å². The summed E-state index contributed by atoms with van der Waals surface area (Å²) in [5.74, 6) is -1.80. The fourth-order valence-corrected chi connectivity index (χ4v) is 3.54. The van der Waals surface area contributed by atoms with Crippen molar-refractivity contribution in [3.05, 3.63) is 35.9 Å². The number of carbonyl (C=O) groups excluding carboxylic acids is 3. The number of nitrogens with one attached hydrogen (secondary N) is 3. The Bertz CT molecular complexity index is 861. The van der Waals surface area contributed by atoms with Crippen molar-refractivity contribution in [1.29, 1.82) is 0 Å². The van der Waals surface area contributed by atoms with Gasteiger partial charge in [0, 0.05) is 12.5 Å². The van der Waals surface area contributed by atoms with Crippen LogP contribution in [0.1, 0.15) is 25.3 Å². The maximum absolute atomic E-state index is 12.4. The van der Waals surface area contributed by atoms with Gasteiger partial charge in [-0.1, -0.05) is 30.3 Å². The minimum Gasteiger partial charge on any atom is -0.445 e. The number of ether oxygens (including phenoxy) is 1. The standard InChI is InChI=1S/C18H25N3O8S/c1-11(20-18(25)29-10-12-5-3-2-4-6-12)15(22)21-14(17(24)30(26,27)28)9-13-7-8-19-16(13)23/h2-6,11,13-14,17,24H,7-10H2,1H3,(H,19,23)(H,20,25)(H,21,22)(H,26,27,28)/t11-,13?,14-,17?/m0/s1. The second-order valence-corrected chi connectivity index (χ2v) is 8.47. The van der Waals surface area contributed by atoms with Crippen molar-refractivity contribution >= 4 is 28.0 Å². The largest absolute Gasteiger partial charge is 0.445 e. The third-order valence-electron chi connectivity index (χ3n) is 4.62. The van der Waals surface area contributed by atoms with Gasteiger partial charge >= 0.3 is 6.09 Å². The van der Waals surface area contributed by atoms with Crippen LogP contribution in [0.2, 0.25) is 0 Å². The molecule has 11 nitrogen and oxygen atoms in total. The van der Waals surface area contributed by atoms with Crippen molar-refractivity contribution in [3.8, 4) is 0 Å². The lowest BCUT2D eigenvalue weighted by atomic mass is 9.98. The first kappa shape index (κ1) is 23.6. The Labute approximate surface area is 173 Å². The van der Waals surface area contributed by atoms with E-state index in [1.165, 1.54) is 6.92 Å².